The molecule has 0 fully saturated rings. The highest BCUT2D eigenvalue weighted by Crippen LogP contribution is 2.43. The molecule has 0 spiro atoms. The maximum Gasteiger partial charge on any atom is 0.472 e. The zero-order valence-electron chi connectivity index (χ0n) is 41.2. The number of carbonyl (C=O) groups excluding carboxylic acids is 1. The normalized spacial score (nSPS) is 14.3. The van der Waals surface area contributed by atoms with Gasteiger partial charge in [0.1, 0.15) is 13.2 Å². The highest BCUT2D eigenvalue weighted by molar-refractivity contribution is 7.47. The van der Waals surface area contributed by atoms with Gasteiger partial charge in [-0.05, 0) is 25.7 Å². The van der Waals surface area contributed by atoms with Crippen LogP contribution in [0.2, 0.25) is 0 Å². The molecule has 0 bridgehead atoms. The first-order valence-electron chi connectivity index (χ1n) is 26.2. The molecule has 3 unspecified atom stereocenters. The van der Waals surface area contributed by atoms with E-state index in [4.69, 9.17) is 9.05 Å². The van der Waals surface area contributed by atoms with Gasteiger partial charge in [-0.25, -0.2) is 4.57 Å². The van der Waals surface area contributed by atoms with E-state index in [0.717, 1.165) is 44.9 Å². The highest BCUT2D eigenvalue weighted by atomic mass is 31.2. The van der Waals surface area contributed by atoms with Gasteiger partial charge >= 0.3 is 7.82 Å². The van der Waals surface area contributed by atoms with Crippen LogP contribution in [0.25, 0.3) is 0 Å². The van der Waals surface area contributed by atoms with Crippen molar-refractivity contribution < 1.29 is 32.9 Å². The summed E-state index contributed by atoms with van der Waals surface area (Å²) in [4.78, 5) is 23.0. The number of carbonyl (C=O) groups is 1. The number of nitrogens with zero attached hydrogens (tertiary/aromatic N) is 1. The van der Waals surface area contributed by atoms with Crippen molar-refractivity contribution in [2.75, 3.05) is 40.9 Å². The fraction of sp³-hybridized carbons (Fsp3) is 0.904. The second-order valence-corrected chi connectivity index (χ2v) is 20.7. The molecule has 0 aromatic rings. The van der Waals surface area contributed by atoms with Gasteiger partial charge in [0.25, 0.3) is 0 Å². The van der Waals surface area contributed by atoms with Crippen LogP contribution in [0, 0.1) is 0 Å². The number of rotatable bonds is 48. The van der Waals surface area contributed by atoms with E-state index >= 15 is 0 Å². The Kier molecular flexibility index (Phi) is 43.5. The van der Waals surface area contributed by atoms with Crippen LogP contribution >= 0.6 is 7.82 Å². The van der Waals surface area contributed by atoms with E-state index in [-0.39, 0.29) is 19.1 Å². The predicted octanol–water partition coefficient (Wildman–Crippen LogP) is 15.3. The number of allylic oxidation sites excluding steroid dienone is 3. The predicted molar refractivity (Wildman–Crippen MR) is 263 cm³/mol. The molecule has 9 heteroatoms. The highest BCUT2D eigenvalue weighted by Gasteiger charge is 2.27. The minimum atomic E-state index is -4.33. The number of aliphatic hydroxyl groups is 1. The van der Waals surface area contributed by atoms with Crippen molar-refractivity contribution >= 4 is 13.7 Å². The number of hydrogen-bond acceptors (Lipinski definition) is 5. The summed E-state index contributed by atoms with van der Waals surface area (Å²) in [7, 11) is 1.56. The van der Waals surface area contributed by atoms with E-state index in [9.17, 15) is 19.4 Å². The molecule has 0 aromatic heterocycles. The molecule has 3 N–H and O–H groups in total. The van der Waals surface area contributed by atoms with Gasteiger partial charge in [0, 0.05) is 6.42 Å². The Hall–Kier alpha value is -1.02. The molecule has 362 valence electrons. The number of aliphatic hydroxyl groups excluding tert-OH is 1. The summed E-state index contributed by atoms with van der Waals surface area (Å²) < 4.78 is 23.4. The summed E-state index contributed by atoms with van der Waals surface area (Å²) in [6.07, 6.45) is 54.7. The van der Waals surface area contributed by atoms with Gasteiger partial charge in [-0.3, -0.25) is 13.8 Å². The first kappa shape index (κ1) is 60.0. The zero-order valence-corrected chi connectivity index (χ0v) is 42.1. The second-order valence-electron chi connectivity index (χ2n) is 19.3. The summed E-state index contributed by atoms with van der Waals surface area (Å²) >= 11 is 0. The number of quaternary nitrogens is 1. The number of unbranched alkanes of at least 4 members (excludes halogenated alkanes) is 33. The summed E-state index contributed by atoms with van der Waals surface area (Å²) in [6.45, 7) is 4.70. The maximum atomic E-state index is 12.8. The largest absolute Gasteiger partial charge is 0.472 e. The quantitative estimate of drug-likeness (QED) is 0.0243. The maximum absolute atomic E-state index is 12.8. The number of hydrogen-bond donors (Lipinski definition) is 3. The van der Waals surface area contributed by atoms with Crippen molar-refractivity contribution in [1.29, 1.82) is 0 Å². The van der Waals surface area contributed by atoms with Gasteiger partial charge in [-0.2, -0.15) is 0 Å². The molecule has 0 aromatic carbocycles. The Balaban J connectivity index is 3.84. The first-order valence-corrected chi connectivity index (χ1v) is 27.7. The first-order chi connectivity index (χ1) is 29.5. The fourth-order valence-electron chi connectivity index (χ4n) is 7.77. The number of phosphoric acid groups is 1. The van der Waals surface area contributed by atoms with Crippen molar-refractivity contribution in [1.82, 2.24) is 5.32 Å². The summed E-state index contributed by atoms with van der Waals surface area (Å²) in [5.41, 5.74) is 0. The Labute approximate surface area is 379 Å². The van der Waals surface area contributed by atoms with Crippen LogP contribution in [0.3, 0.4) is 0 Å². The summed E-state index contributed by atoms with van der Waals surface area (Å²) in [5, 5.41) is 13.7. The average molecular weight is 884 g/mol. The van der Waals surface area contributed by atoms with Crippen molar-refractivity contribution in [3.05, 3.63) is 24.3 Å². The molecular weight excluding hydrogens is 780 g/mol. The van der Waals surface area contributed by atoms with Crippen LogP contribution in [0.15, 0.2) is 24.3 Å². The molecule has 61 heavy (non-hydrogen) atoms. The number of nitrogens with one attached hydrogen (secondary N) is 1. The van der Waals surface area contributed by atoms with E-state index in [0.29, 0.717) is 17.4 Å². The van der Waals surface area contributed by atoms with Crippen LogP contribution in [-0.2, 0) is 18.4 Å². The van der Waals surface area contributed by atoms with Gasteiger partial charge in [-0.1, -0.05) is 244 Å². The van der Waals surface area contributed by atoms with E-state index in [1.165, 1.54) is 186 Å². The third kappa shape index (κ3) is 46.8. The Morgan fingerprint density at radius 3 is 1.28 bits per heavy atom. The number of phosphoric ester groups is 1. The Bertz CT molecular complexity index is 1050. The van der Waals surface area contributed by atoms with Crippen molar-refractivity contribution in [3.8, 4) is 0 Å². The van der Waals surface area contributed by atoms with Gasteiger partial charge < -0.3 is 19.8 Å². The minimum absolute atomic E-state index is 0.0576. The molecular formula is C52H104N2O6P+. The lowest BCUT2D eigenvalue weighted by Gasteiger charge is -2.25. The summed E-state index contributed by atoms with van der Waals surface area (Å²) in [6, 6.07) is -0.856. The molecule has 0 aliphatic rings. The zero-order chi connectivity index (χ0) is 45.0. The summed E-state index contributed by atoms with van der Waals surface area (Å²) in [5.74, 6) is -0.187. The number of likely N-dealkylation sites (N-methyl/N-ethyl adjacent to an activating group) is 1. The molecule has 0 saturated carbocycles. The lowest BCUT2D eigenvalue weighted by atomic mass is 10.0. The van der Waals surface area contributed by atoms with E-state index in [1.54, 1.807) is 6.08 Å². The van der Waals surface area contributed by atoms with Gasteiger partial charge in [0.15, 0.2) is 0 Å². The van der Waals surface area contributed by atoms with Crippen LogP contribution in [0.1, 0.15) is 251 Å². The van der Waals surface area contributed by atoms with Crippen LogP contribution in [0.4, 0.5) is 0 Å². The third-order valence-corrected chi connectivity index (χ3v) is 12.9. The Morgan fingerprint density at radius 2 is 0.902 bits per heavy atom. The van der Waals surface area contributed by atoms with Gasteiger partial charge in [0.05, 0.1) is 39.9 Å². The molecule has 8 nitrogen and oxygen atoms in total. The molecule has 0 aliphatic carbocycles. The van der Waals surface area contributed by atoms with Crippen molar-refractivity contribution in [3.63, 3.8) is 0 Å². The molecule has 3 atom stereocenters. The minimum Gasteiger partial charge on any atom is -0.387 e. The van der Waals surface area contributed by atoms with E-state index in [2.05, 4.69) is 31.3 Å². The topological polar surface area (TPSA) is 105 Å². The lowest BCUT2D eigenvalue weighted by molar-refractivity contribution is -0.870. The molecule has 0 aliphatic heterocycles. The fourth-order valence-corrected chi connectivity index (χ4v) is 8.51. The Morgan fingerprint density at radius 1 is 0.541 bits per heavy atom. The van der Waals surface area contributed by atoms with Gasteiger partial charge in [0.2, 0.25) is 5.91 Å². The molecule has 0 heterocycles. The second kappa shape index (κ2) is 44.2. The smallest absolute Gasteiger partial charge is 0.387 e. The van der Waals surface area contributed by atoms with Gasteiger partial charge in [-0.15, -0.1) is 0 Å². The monoisotopic (exact) mass is 884 g/mol. The molecule has 1 amide bonds. The lowest BCUT2D eigenvalue weighted by Crippen LogP contribution is -2.45. The third-order valence-electron chi connectivity index (χ3n) is 11.9. The molecule has 0 saturated heterocycles. The van der Waals surface area contributed by atoms with Crippen LogP contribution in [-0.4, -0.2) is 73.4 Å². The number of amides is 1. The molecule has 0 rings (SSSR count). The van der Waals surface area contributed by atoms with Crippen LogP contribution in [0.5, 0.6) is 0 Å². The van der Waals surface area contributed by atoms with Crippen molar-refractivity contribution in [2.45, 2.75) is 264 Å². The standard InChI is InChI=1S/C52H103N2O6P/c1-6-8-10-12-14-15-16-17-18-19-20-21-22-23-24-25-26-27-28-29-30-31-32-33-34-35-36-37-38-40-42-44-46-52(56)53-50(51(55)45-43-41-39-13-11-9-7-2)49-60-61(57,58)59-48-47-54(3,4)5/h11,13,43,45,50-51,55H,6-10,12,14-42,44,46-49H2,1-5H3,(H-,53,56,57,58)/p+1/b13-11+,45-43+. The van der Waals surface area contributed by atoms with Crippen molar-refractivity contribution in [2.24, 2.45) is 0 Å². The van der Waals surface area contributed by atoms with E-state index < -0.39 is 20.0 Å². The van der Waals surface area contributed by atoms with E-state index in [1.807, 2.05) is 27.2 Å². The SMILES string of the molecule is CCC/C=C/CC/C=C/C(O)C(COP(=O)(O)OCC[N+](C)(C)C)NC(=O)CCCCCCCCCCCCCCCCCCCCCCCCCCCCCCCCCC. The molecule has 0 radical (unpaired) electrons. The van der Waals surface area contributed by atoms with Crippen LogP contribution < -0.4 is 5.32 Å². The average Bonchev–Trinajstić information content (AvgIpc) is 3.21.